The lowest BCUT2D eigenvalue weighted by Crippen LogP contribution is -2.42. The number of carbonyl (C=O) groups is 1. The fourth-order valence-corrected chi connectivity index (χ4v) is 4.54. The quantitative estimate of drug-likeness (QED) is 0.497. The Hall–Kier alpha value is -3.39. The molecule has 0 aliphatic heterocycles. The van der Waals surface area contributed by atoms with Crippen LogP contribution < -0.4 is 14.4 Å². The number of nitrogens with zero attached hydrogens (tertiary/aromatic N) is 1. The van der Waals surface area contributed by atoms with Gasteiger partial charge in [0.15, 0.2) is 0 Å². The Bertz CT molecular complexity index is 1180. The molecule has 0 aliphatic rings. The number of aryl methyl sites for hydroxylation is 1. The van der Waals surface area contributed by atoms with Crippen molar-refractivity contribution >= 4 is 21.6 Å². The van der Waals surface area contributed by atoms with E-state index in [1.165, 1.54) is 30.3 Å². The van der Waals surface area contributed by atoms with Crippen LogP contribution in [0.5, 0.6) is 5.75 Å². The molecule has 0 aromatic heterocycles. The van der Waals surface area contributed by atoms with E-state index in [0.717, 1.165) is 27.2 Å². The maximum atomic E-state index is 14.4. The number of carbonyl (C=O) groups excluding carboxylic acids is 1. The lowest BCUT2D eigenvalue weighted by Gasteiger charge is -2.24. The fourth-order valence-electron chi connectivity index (χ4n) is 3.09. The summed E-state index contributed by atoms with van der Waals surface area (Å²) in [6.07, 6.45) is 0. The van der Waals surface area contributed by atoms with Crippen molar-refractivity contribution in [2.75, 3.05) is 24.0 Å². The fraction of sp³-hybridized carbons (Fsp3) is 0.208. The number of ether oxygens (including phenoxy) is 1. The highest BCUT2D eigenvalue weighted by Crippen LogP contribution is 2.26. The van der Waals surface area contributed by atoms with Crippen LogP contribution in [0.2, 0.25) is 0 Å². The van der Waals surface area contributed by atoms with Crippen LogP contribution in [0.15, 0.2) is 77.7 Å². The van der Waals surface area contributed by atoms with Crippen molar-refractivity contribution in [1.29, 1.82) is 0 Å². The molecule has 0 fully saturated rings. The minimum atomic E-state index is -4.15. The molecule has 168 valence electrons. The molecule has 0 aliphatic carbocycles. The first kappa shape index (κ1) is 23.3. The van der Waals surface area contributed by atoms with E-state index in [0.29, 0.717) is 0 Å². The van der Waals surface area contributed by atoms with Gasteiger partial charge in [0.1, 0.15) is 24.7 Å². The molecule has 0 heterocycles. The highest BCUT2D eigenvalue weighted by atomic mass is 32.2. The summed E-state index contributed by atoms with van der Waals surface area (Å²) >= 11 is 0. The summed E-state index contributed by atoms with van der Waals surface area (Å²) in [5.41, 5.74) is 1.91. The first-order valence-electron chi connectivity index (χ1n) is 10.1. The van der Waals surface area contributed by atoms with Gasteiger partial charge in [-0.3, -0.25) is 9.10 Å². The zero-order valence-electron chi connectivity index (χ0n) is 17.9. The number of amides is 1. The second kappa shape index (κ2) is 10.3. The predicted molar refractivity (Wildman–Crippen MR) is 122 cm³/mol. The summed E-state index contributed by atoms with van der Waals surface area (Å²) in [4.78, 5) is 12.5. The van der Waals surface area contributed by atoms with E-state index in [4.69, 9.17) is 4.74 Å². The van der Waals surface area contributed by atoms with E-state index < -0.39 is 28.3 Å². The maximum Gasteiger partial charge on any atom is 0.264 e. The number of anilines is 1. The largest absolute Gasteiger partial charge is 0.491 e. The zero-order chi connectivity index (χ0) is 23.1. The Morgan fingerprint density at radius 2 is 1.66 bits per heavy atom. The van der Waals surface area contributed by atoms with Gasteiger partial charge in [-0.1, -0.05) is 42.5 Å². The van der Waals surface area contributed by atoms with Crippen molar-refractivity contribution in [3.8, 4) is 5.75 Å². The lowest BCUT2D eigenvalue weighted by atomic mass is 10.1. The molecule has 1 amide bonds. The molecule has 32 heavy (non-hydrogen) atoms. The minimum absolute atomic E-state index is 0.0330. The van der Waals surface area contributed by atoms with Gasteiger partial charge in [-0.25, -0.2) is 12.8 Å². The van der Waals surface area contributed by atoms with Crippen LogP contribution in [0.3, 0.4) is 0 Å². The number of sulfonamides is 1. The third kappa shape index (κ3) is 5.45. The molecular weight excluding hydrogens is 431 g/mol. The molecule has 0 saturated carbocycles. The molecule has 3 aromatic rings. The van der Waals surface area contributed by atoms with Crippen LogP contribution >= 0.6 is 0 Å². The van der Waals surface area contributed by atoms with Crippen LogP contribution in [0.25, 0.3) is 0 Å². The van der Waals surface area contributed by atoms with Gasteiger partial charge in [-0.05, 0) is 55.3 Å². The number of para-hydroxylation sites is 1. The van der Waals surface area contributed by atoms with E-state index in [1.807, 2.05) is 32.0 Å². The molecule has 0 saturated heterocycles. The van der Waals surface area contributed by atoms with Crippen molar-refractivity contribution in [1.82, 2.24) is 5.32 Å². The minimum Gasteiger partial charge on any atom is -0.491 e. The van der Waals surface area contributed by atoms with Gasteiger partial charge < -0.3 is 10.1 Å². The van der Waals surface area contributed by atoms with Crippen molar-refractivity contribution in [3.05, 3.63) is 89.7 Å². The third-order valence-corrected chi connectivity index (χ3v) is 6.75. The van der Waals surface area contributed by atoms with Crippen LogP contribution in [0, 0.1) is 19.7 Å². The van der Waals surface area contributed by atoms with Gasteiger partial charge in [0.2, 0.25) is 5.91 Å². The molecule has 1 N–H and O–H groups in total. The SMILES string of the molecule is Cc1cccc(OCCNC(=O)CN(c2ccccc2F)S(=O)(=O)c2ccccc2)c1C. The monoisotopic (exact) mass is 456 g/mol. The number of hydrogen-bond donors (Lipinski definition) is 1. The lowest BCUT2D eigenvalue weighted by molar-refractivity contribution is -0.119. The smallest absolute Gasteiger partial charge is 0.264 e. The highest BCUT2D eigenvalue weighted by Gasteiger charge is 2.28. The Kier molecular flexibility index (Phi) is 7.48. The Morgan fingerprint density at radius 1 is 0.969 bits per heavy atom. The van der Waals surface area contributed by atoms with Gasteiger partial charge in [0, 0.05) is 0 Å². The first-order valence-corrected chi connectivity index (χ1v) is 11.5. The van der Waals surface area contributed by atoms with Gasteiger partial charge in [0.25, 0.3) is 10.0 Å². The van der Waals surface area contributed by atoms with Crippen molar-refractivity contribution in [2.45, 2.75) is 18.7 Å². The summed E-state index contributed by atoms with van der Waals surface area (Å²) in [6, 6.07) is 18.8. The van der Waals surface area contributed by atoms with Gasteiger partial charge in [-0.2, -0.15) is 0 Å². The number of nitrogens with one attached hydrogen (secondary N) is 1. The maximum absolute atomic E-state index is 14.4. The van der Waals surface area contributed by atoms with Gasteiger partial charge in [0.05, 0.1) is 17.1 Å². The average Bonchev–Trinajstić information content (AvgIpc) is 2.79. The van der Waals surface area contributed by atoms with Crippen molar-refractivity contribution in [2.24, 2.45) is 0 Å². The average molecular weight is 457 g/mol. The number of halogens is 1. The van der Waals surface area contributed by atoms with E-state index in [2.05, 4.69) is 5.32 Å². The van der Waals surface area contributed by atoms with Crippen LogP contribution in [0.4, 0.5) is 10.1 Å². The normalized spacial score (nSPS) is 11.1. The summed E-state index contributed by atoms with van der Waals surface area (Å²) in [5, 5.41) is 2.64. The summed E-state index contributed by atoms with van der Waals surface area (Å²) in [5.74, 6) is -0.589. The van der Waals surface area contributed by atoms with Gasteiger partial charge >= 0.3 is 0 Å². The Labute approximate surface area is 187 Å². The Balaban J connectivity index is 1.70. The molecule has 3 rings (SSSR count). The molecule has 0 bridgehead atoms. The van der Waals surface area contributed by atoms with Crippen LogP contribution in [-0.2, 0) is 14.8 Å². The predicted octanol–water partition coefficient (Wildman–Crippen LogP) is 3.83. The van der Waals surface area contributed by atoms with E-state index in [-0.39, 0.29) is 23.7 Å². The third-order valence-electron chi connectivity index (χ3n) is 4.98. The highest BCUT2D eigenvalue weighted by molar-refractivity contribution is 7.92. The van der Waals surface area contributed by atoms with E-state index in [9.17, 15) is 17.6 Å². The number of benzene rings is 3. The van der Waals surface area contributed by atoms with Crippen molar-refractivity contribution in [3.63, 3.8) is 0 Å². The van der Waals surface area contributed by atoms with Crippen molar-refractivity contribution < 1.29 is 22.3 Å². The Morgan fingerprint density at radius 3 is 2.38 bits per heavy atom. The molecule has 6 nitrogen and oxygen atoms in total. The standard InChI is InChI=1S/C24H25FN2O4S/c1-18-9-8-14-23(19(18)2)31-16-15-26-24(28)17-27(22-13-7-6-12-21(22)25)32(29,30)20-10-4-3-5-11-20/h3-14H,15-17H2,1-2H3,(H,26,28). The molecule has 8 heteroatoms. The number of rotatable bonds is 9. The van der Waals surface area contributed by atoms with E-state index >= 15 is 0 Å². The molecule has 0 radical (unpaired) electrons. The molecule has 0 spiro atoms. The molecule has 0 atom stereocenters. The van der Waals surface area contributed by atoms with Gasteiger partial charge in [-0.15, -0.1) is 0 Å². The summed E-state index contributed by atoms with van der Waals surface area (Å²) in [6.45, 7) is 3.74. The molecular formula is C24H25FN2O4S. The summed E-state index contributed by atoms with van der Waals surface area (Å²) in [7, 11) is -4.15. The topological polar surface area (TPSA) is 75.7 Å². The van der Waals surface area contributed by atoms with Crippen LogP contribution in [0.1, 0.15) is 11.1 Å². The van der Waals surface area contributed by atoms with Crippen LogP contribution in [-0.4, -0.2) is 34.0 Å². The molecule has 0 unspecified atom stereocenters. The second-order valence-corrected chi connectivity index (χ2v) is 9.03. The second-order valence-electron chi connectivity index (χ2n) is 7.17. The molecule has 3 aromatic carbocycles. The van der Waals surface area contributed by atoms with E-state index in [1.54, 1.807) is 18.2 Å². The number of hydrogen-bond acceptors (Lipinski definition) is 4. The summed E-state index contributed by atoms with van der Waals surface area (Å²) < 4.78 is 47.2. The first-order chi connectivity index (χ1) is 15.3. The zero-order valence-corrected chi connectivity index (χ0v) is 18.7.